The molecule has 0 aliphatic carbocycles. The van der Waals surface area contributed by atoms with Crippen molar-refractivity contribution in [1.29, 1.82) is 0 Å². The third-order valence-electron chi connectivity index (χ3n) is 3.31. The van der Waals surface area contributed by atoms with Gasteiger partial charge in [-0.05, 0) is 23.8 Å². The number of urea groups is 1. The number of rotatable bonds is 3. The fourth-order valence-electron chi connectivity index (χ4n) is 2.28. The van der Waals surface area contributed by atoms with Crippen LogP contribution in [0.25, 0.3) is 0 Å². The number of fused-ring (bicyclic) bond motifs is 1. The summed E-state index contributed by atoms with van der Waals surface area (Å²) in [5.74, 6) is -0.0850. The summed E-state index contributed by atoms with van der Waals surface area (Å²) in [6, 6.07) is 10.2. The average molecular weight is 312 g/mol. The van der Waals surface area contributed by atoms with Crippen molar-refractivity contribution in [3.63, 3.8) is 0 Å². The number of nitro benzene ring substituents is 1. The van der Waals surface area contributed by atoms with Crippen LogP contribution in [0.2, 0.25) is 0 Å². The topological polar surface area (TPSA) is 113 Å². The zero-order chi connectivity index (χ0) is 16.4. The number of nitrogens with zero attached hydrogens (tertiary/aromatic N) is 1. The molecule has 8 heteroatoms. The van der Waals surface area contributed by atoms with Gasteiger partial charge in [-0.25, -0.2) is 4.79 Å². The Morgan fingerprint density at radius 2 is 1.87 bits per heavy atom. The van der Waals surface area contributed by atoms with Gasteiger partial charge in [0.25, 0.3) is 5.69 Å². The van der Waals surface area contributed by atoms with Crippen LogP contribution in [-0.2, 0) is 11.2 Å². The van der Waals surface area contributed by atoms with Crippen LogP contribution in [0.1, 0.15) is 5.56 Å². The van der Waals surface area contributed by atoms with Crippen LogP contribution < -0.4 is 16.0 Å². The lowest BCUT2D eigenvalue weighted by Gasteiger charge is -2.09. The van der Waals surface area contributed by atoms with Gasteiger partial charge in [-0.2, -0.15) is 0 Å². The monoisotopic (exact) mass is 312 g/mol. The van der Waals surface area contributed by atoms with Crippen molar-refractivity contribution in [2.24, 2.45) is 0 Å². The Morgan fingerprint density at radius 3 is 2.61 bits per heavy atom. The number of hydrogen-bond acceptors (Lipinski definition) is 4. The van der Waals surface area contributed by atoms with Crippen molar-refractivity contribution in [1.82, 2.24) is 0 Å². The van der Waals surface area contributed by atoms with Crippen molar-refractivity contribution in [2.45, 2.75) is 6.42 Å². The van der Waals surface area contributed by atoms with Gasteiger partial charge >= 0.3 is 6.03 Å². The predicted octanol–water partition coefficient (Wildman–Crippen LogP) is 2.73. The maximum absolute atomic E-state index is 11.9. The summed E-state index contributed by atoms with van der Waals surface area (Å²) in [5, 5.41) is 18.5. The van der Waals surface area contributed by atoms with Crippen molar-refractivity contribution >= 4 is 34.7 Å². The summed E-state index contributed by atoms with van der Waals surface area (Å²) in [6.45, 7) is 0. The normalized spacial score (nSPS) is 12.3. The van der Waals surface area contributed by atoms with Gasteiger partial charge in [-0.1, -0.05) is 12.1 Å². The standard InChI is InChI=1S/C15H12N4O4/c20-14-6-9-4-5-11(8-13(9)18-14)17-15(21)16-10-2-1-3-12(7-10)19(22)23/h1-5,7-8H,6H2,(H,18,20)(H2,16,17,21). The first kappa shape index (κ1) is 14.5. The van der Waals surface area contributed by atoms with Crippen LogP contribution in [0.15, 0.2) is 42.5 Å². The molecular weight excluding hydrogens is 300 g/mol. The fraction of sp³-hybridized carbons (Fsp3) is 0.0667. The minimum absolute atomic E-state index is 0.0850. The van der Waals surface area contributed by atoms with E-state index in [1.54, 1.807) is 24.3 Å². The third kappa shape index (κ3) is 3.26. The summed E-state index contributed by atoms with van der Waals surface area (Å²) >= 11 is 0. The average Bonchev–Trinajstić information content (AvgIpc) is 2.86. The van der Waals surface area contributed by atoms with E-state index in [-0.39, 0.29) is 11.6 Å². The molecule has 0 unspecified atom stereocenters. The molecule has 0 bridgehead atoms. The second-order valence-corrected chi connectivity index (χ2v) is 4.98. The number of non-ortho nitro benzene ring substituents is 1. The van der Waals surface area contributed by atoms with Gasteiger partial charge in [-0.15, -0.1) is 0 Å². The lowest BCUT2D eigenvalue weighted by atomic mass is 10.1. The maximum atomic E-state index is 11.9. The number of anilines is 3. The lowest BCUT2D eigenvalue weighted by Crippen LogP contribution is -2.19. The first-order chi connectivity index (χ1) is 11.0. The van der Waals surface area contributed by atoms with E-state index in [0.29, 0.717) is 23.5 Å². The molecule has 0 spiro atoms. The molecule has 3 rings (SSSR count). The van der Waals surface area contributed by atoms with Gasteiger partial charge in [0.1, 0.15) is 0 Å². The molecule has 0 atom stereocenters. The number of carbonyl (C=O) groups is 2. The third-order valence-corrected chi connectivity index (χ3v) is 3.31. The summed E-state index contributed by atoms with van der Waals surface area (Å²) in [7, 11) is 0. The Hall–Kier alpha value is -3.42. The SMILES string of the molecule is O=C1Cc2ccc(NC(=O)Nc3cccc([N+](=O)[O-])c3)cc2N1. The highest BCUT2D eigenvalue weighted by Crippen LogP contribution is 2.26. The smallest absolute Gasteiger partial charge is 0.323 e. The molecule has 2 aromatic carbocycles. The van der Waals surface area contributed by atoms with Crippen LogP contribution in [0, 0.1) is 10.1 Å². The Morgan fingerprint density at radius 1 is 1.13 bits per heavy atom. The van der Waals surface area contributed by atoms with Crippen LogP contribution in [-0.4, -0.2) is 16.9 Å². The van der Waals surface area contributed by atoms with Crippen LogP contribution >= 0.6 is 0 Å². The summed E-state index contributed by atoms with van der Waals surface area (Å²) in [4.78, 5) is 33.4. The zero-order valence-corrected chi connectivity index (χ0v) is 11.8. The molecule has 1 aliphatic heterocycles. The molecular formula is C15H12N4O4. The quantitative estimate of drug-likeness (QED) is 0.597. The van der Waals surface area contributed by atoms with E-state index in [0.717, 1.165) is 5.56 Å². The molecule has 8 nitrogen and oxygen atoms in total. The van der Waals surface area contributed by atoms with Gasteiger partial charge < -0.3 is 16.0 Å². The maximum Gasteiger partial charge on any atom is 0.323 e. The number of benzene rings is 2. The molecule has 2 aromatic rings. The Balaban J connectivity index is 1.68. The molecule has 0 radical (unpaired) electrons. The highest BCUT2D eigenvalue weighted by Gasteiger charge is 2.17. The predicted molar refractivity (Wildman–Crippen MR) is 84.5 cm³/mol. The molecule has 1 aliphatic rings. The van der Waals surface area contributed by atoms with E-state index in [1.807, 2.05) is 0 Å². The van der Waals surface area contributed by atoms with E-state index in [1.165, 1.54) is 18.2 Å². The van der Waals surface area contributed by atoms with Crippen molar-refractivity contribution in [2.75, 3.05) is 16.0 Å². The molecule has 3 amide bonds. The Labute approximate surface area is 130 Å². The second kappa shape index (κ2) is 5.76. The first-order valence-corrected chi connectivity index (χ1v) is 6.76. The number of amides is 3. The number of hydrogen-bond donors (Lipinski definition) is 3. The molecule has 116 valence electrons. The number of nitrogens with one attached hydrogen (secondary N) is 3. The Bertz CT molecular complexity index is 819. The minimum atomic E-state index is -0.535. The van der Waals surface area contributed by atoms with E-state index in [2.05, 4.69) is 16.0 Å². The summed E-state index contributed by atoms with van der Waals surface area (Å²) in [5.41, 5.74) is 2.26. The molecule has 0 saturated heterocycles. The molecule has 0 aromatic heterocycles. The lowest BCUT2D eigenvalue weighted by molar-refractivity contribution is -0.384. The van der Waals surface area contributed by atoms with Gasteiger partial charge in [-0.3, -0.25) is 14.9 Å². The Kier molecular flexibility index (Phi) is 3.63. The number of carbonyl (C=O) groups excluding carboxylic acids is 2. The van der Waals surface area contributed by atoms with E-state index >= 15 is 0 Å². The van der Waals surface area contributed by atoms with E-state index in [9.17, 15) is 19.7 Å². The first-order valence-electron chi connectivity index (χ1n) is 6.76. The van der Waals surface area contributed by atoms with Gasteiger partial charge in [0.05, 0.1) is 11.3 Å². The fourth-order valence-corrected chi connectivity index (χ4v) is 2.28. The van der Waals surface area contributed by atoms with Crippen molar-refractivity contribution in [3.05, 3.63) is 58.1 Å². The highest BCUT2D eigenvalue weighted by atomic mass is 16.6. The highest BCUT2D eigenvalue weighted by molar-refractivity contribution is 6.03. The number of nitro groups is 1. The van der Waals surface area contributed by atoms with Gasteiger partial charge in [0, 0.05) is 29.2 Å². The van der Waals surface area contributed by atoms with Crippen molar-refractivity contribution < 1.29 is 14.5 Å². The molecule has 0 saturated carbocycles. The molecule has 3 N–H and O–H groups in total. The van der Waals surface area contributed by atoms with Crippen LogP contribution in [0.4, 0.5) is 27.5 Å². The van der Waals surface area contributed by atoms with Crippen LogP contribution in [0.5, 0.6) is 0 Å². The largest absolute Gasteiger partial charge is 0.325 e. The van der Waals surface area contributed by atoms with Crippen molar-refractivity contribution in [3.8, 4) is 0 Å². The second-order valence-electron chi connectivity index (χ2n) is 4.98. The summed E-state index contributed by atoms with van der Waals surface area (Å²) < 4.78 is 0. The summed E-state index contributed by atoms with van der Waals surface area (Å²) in [6.07, 6.45) is 0.329. The van der Waals surface area contributed by atoms with Crippen LogP contribution in [0.3, 0.4) is 0 Å². The van der Waals surface area contributed by atoms with Gasteiger partial charge in [0.2, 0.25) is 5.91 Å². The van der Waals surface area contributed by atoms with Gasteiger partial charge in [0.15, 0.2) is 0 Å². The molecule has 1 heterocycles. The minimum Gasteiger partial charge on any atom is -0.325 e. The zero-order valence-electron chi connectivity index (χ0n) is 11.8. The molecule has 23 heavy (non-hydrogen) atoms. The van der Waals surface area contributed by atoms with E-state index in [4.69, 9.17) is 0 Å². The molecule has 0 fully saturated rings. The van der Waals surface area contributed by atoms with E-state index < -0.39 is 11.0 Å².